The lowest BCUT2D eigenvalue weighted by atomic mass is 9.97. The number of hydrogen-bond acceptors (Lipinski definition) is 3. The van der Waals surface area contributed by atoms with Crippen molar-refractivity contribution >= 4 is 5.91 Å². The number of aromatic nitrogens is 1. The van der Waals surface area contributed by atoms with Crippen LogP contribution in [0.3, 0.4) is 0 Å². The van der Waals surface area contributed by atoms with E-state index in [0.717, 1.165) is 24.1 Å². The molecule has 1 amide bonds. The Morgan fingerprint density at radius 1 is 1.40 bits per heavy atom. The molecule has 0 spiro atoms. The van der Waals surface area contributed by atoms with E-state index < -0.39 is 0 Å². The number of amides is 1. The average Bonchev–Trinajstić information content (AvgIpc) is 2.42. The summed E-state index contributed by atoms with van der Waals surface area (Å²) in [6.45, 7) is 6.94. The summed E-state index contributed by atoms with van der Waals surface area (Å²) in [5.74, 6) is 0.399. The van der Waals surface area contributed by atoms with Gasteiger partial charge in [0.2, 0.25) is 5.91 Å². The quantitative estimate of drug-likeness (QED) is 0.744. The van der Waals surface area contributed by atoms with Gasteiger partial charge in [0.15, 0.2) is 0 Å². The molecule has 0 bridgehead atoms. The Bertz CT molecular complexity index is 419. The van der Waals surface area contributed by atoms with Gasteiger partial charge in [0.05, 0.1) is 11.7 Å². The minimum Gasteiger partial charge on any atom is -0.385 e. The highest BCUT2D eigenvalue weighted by molar-refractivity contribution is 5.76. The van der Waals surface area contributed by atoms with Crippen molar-refractivity contribution in [1.82, 2.24) is 10.3 Å². The van der Waals surface area contributed by atoms with Gasteiger partial charge in [-0.3, -0.25) is 9.78 Å². The molecule has 0 aliphatic heterocycles. The number of carbonyl (C=O) groups is 1. The molecule has 1 aromatic heterocycles. The summed E-state index contributed by atoms with van der Waals surface area (Å²) in [4.78, 5) is 16.5. The largest absolute Gasteiger partial charge is 0.385 e. The first kappa shape index (κ1) is 16.6. The number of hydrogen-bond donors (Lipinski definition) is 1. The van der Waals surface area contributed by atoms with Crippen LogP contribution in [-0.4, -0.2) is 24.6 Å². The number of methoxy groups -OCH3 is 1. The van der Waals surface area contributed by atoms with Gasteiger partial charge in [-0.05, 0) is 37.3 Å². The number of carbonyl (C=O) groups excluding carboxylic acids is 1. The zero-order chi connectivity index (χ0) is 15.0. The lowest BCUT2D eigenvalue weighted by Crippen LogP contribution is -2.32. The molecule has 0 saturated carbocycles. The third kappa shape index (κ3) is 5.29. The van der Waals surface area contributed by atoms with E-state index in [1.165, 1.54) is 0 Å². The maximum atomic E-state index is 12.0. The highest BCUT2D eigenvalue weighted by Crippen LogP contribution is 2.22. The first-order chi connectivity index (χ1) is 9.56. The molecule has 1 unspecified atom stereocenters. The van der Waals surface area contributed by atoms with Crippen molar-refractivity contribution in [2.45, 2.75) is 46.1 Å². The summed E-state index contributed by atoms with van der Waals surface area (Å²) in [6, 6.07) is 3.93. The summed E-state index contributed by atoms with van der Waals surface area (Å²) in [5, 5.41) is 3.11. The number of unbranched alkanes of at least 4 members (excludes halogenated alkanes) is 1. The summed E-state index contributed by atoms with van der Waals surface area (Å²) in [5.41, 5.74) is 2.08. The van der Waals surface area contributed by atoms with Crippen LogP contribution in [0.2, 0.25) is 0 Å². The van der Waals surface area contributed by atoms with Crippen LogP contribution < -0.4 is 5.32 Å². The van der Waals surface area contributed by atoms with Crippen LogP contribution in [0.5, 0.6) is 0 Å². The zero-order valence-corrected chi connectivity index (χ0v) is 13.0. The maximum Gasteiger partial charge on any atom is 0.220 e. The Kier molecular flexibility index (Phi) is 7.23. The number of ether oxygens (including phenoxy) is 1. The fourth-order valence-corrected chi connectivity index (χ4v) is 2.15. The highest BCUT2D eigenvalue weighted by atomic mass is 16.5. The SMILES string of the molecule is COCCCCC(=O)NC(c1ncccc1C)C(C)C. The molecule has 0 aliphatic rings. The van der Waals surface area contributed by atoms with E-state index in [1.54, 1.807) is 13.3 Å². The Labute approximate surface area is 121 Å². The number of rotatable bonds is 8. The van der Waals surface area contributed by atoms with Crippen LogP contribution >= 0.6 is 0 Å². The summed E-state index contributed by atoms with van der Waals surface area (Å²) in [6.07, 6.45) is 4.09. The summed E-state index contributed by atoms with van der Waals surface area (Å²) < 4.78 is 4.99. The normalized spacial score (nSPS) is 12.4. The van der Waals surface area contributed by atoms with Crippen LogP contribution in [0.4, 0.5) is 0 Å². The lowest BCUT2D eigenvalue weighted by Gasteiger charge is -2.23. The van der Waals surface area contributed by atoms with Crippen molar-refractivity contribution in [3.8, 4) is 0 Å². The fraction of sp³-hybridized carbons (Fsp3) is 0.625. The molecule has 4 heteroatoms. The van der Waals surface area contributed by atoms with Crippen LogP contribution in [0.15, 0.2) is 18.3 Å². The number of nitrogens with one attached hydrogen (secondary N) is 1. The molecule has 0 saturated heterocycles. The van der Waals surface area contributed by atoms with E-state index in [9.17, 15) is 4.79 Å². The molecule has 20 heavy (non-hydrogen) atoms. The van der Waals surface area contributed by atoms with E-state index >= 15 is 0 Å². The van der Waals surface area contributed by atoms with Crippen molar-refractivity contribution in [1.29, 1.82) is 0 Å². The lowest BCUT2D eigenvalue weighted by molar-refractivity contribution is -0.122. The van der Waals surface area contributed by atoms with Crippen molar-refractivity contribution in [3.05, 3.63) is 29.6 Å². The fourth-order valence-electron chi connectivity index (χ4n) is 2.15. The third-order valence-electron chi connectivity index (χ3n) is 3.33. The molecular formula is C16H26N2O2. The van der Waals surface area contributed by atoms with Crippen LogP contribution in [-0.2, 0) is 9.53 Å². The van der Waals surface area contributed by atoms with Crippen molar-refractivity contribution in [3.63, 3.8) is 0 Å². The Morgan fingerprint density at radius 2 is 2.15 bits per heavy atom. The van der Waals surface area contributed by atoms with E-state index in [1.807, 2.05) is 19.1 Å². The van der Waals surface area contributed by atoms with Gasteiger partial charge in [-0.1, -0.05) is 19.9 Å². The van der Waals surface area contributed by atoms with Crippen LogP contribution in [0.25, 0.3) is 0 Å². The molecule has 4 nitrogen and oxygen atoms in total. The number of aryl methyl sites for hydroxylation is 1. The van der Waals surface area contributed by atoms with Gasteiger partial charge in [0.25, 0.3) is 0 Å². The van der Waals surface area contributed by atoms with Gasteiger partial charge in [-0.2, -0.15) is 0 Å². The summed E-state index contributed by atoms with van der Waals surface area (Å²) in [7, 11) is 1.68. The molecule has 0 aromatic carbocycles. The molecule has 0 aliphatic carbocycles. The molecule has 0 fully saturated rings. The van der Waals surface area contributed by atoms with Gasteiger partial charge in [0.1, 0.15) is 0 Å². The van der Waals surface area contributed by atoms with Crippen molar-refractivity contribution in [2.24, 2.45) is 5.92 Å². The first-order valence-electron chi connectivity index (χ1n) is 7.26. The van der Waals surface area contributed by atoms with Crippen LogP contribution in [0.1, 0.15) is 50.4 Å². The zero-order valence-electron chi connectivity index (χ0n) is 13.0. The molecule has 1 aromatic rings. The Morgan fingerprint density at radius 3 is 2.75 bits per heavy atom. The minimum atomic E-state index is -0.0221. The van der Waals surface area contributed by atoms with Gasteiger partial charge in [-0.25, -0.2) is 0 Å². The smallest absolute Gasteiger partial charge is 0.220 e. The average molecular weight is 278 g/mol. The molecule has 1 atom stereocenters. The summed E-state index contributed by atoms with van der Waals surface area (Å²) >= 11 is 0. The molecule has 1 N–H and O–H groups in total. The van der Waals surface area contributed by atoms with E-state index in [2.05, 4.69) is 24.1 Å². The number of pyridine rings is 1. The second-order valence-electron chi connectivity index (χ2n) is 5.44. The van der Waals surface area contributed by atoms with E-state index in [0.29, 0.717) is 18.9 Å². The predicted octanol–water partition coefficient (Wildman–Crippen LogP) is 3.02. The maximum absolute atomic E-state index is 12.0. The number of nitrogens with zero attached hydrogens (tertiary/aromatic N) is 1. The highest BCUT2D eigenvalue weighted by Gasteiger charge is 2.20. The molecule has 112 valence electrons. The molecular weight excluding hydrogens is 252 g/mol. The van der Waals surface area contributed by atoms with Crippen molar-refractivity contribution in [2.75, 3.05) is 13.7 Å². The van der Waals surface area contributed by atoms with Gasteiger partial charge < -0.3 is 10.1 Å². The van der Waals surface area contributed by atoms with Crippen LogP contribution in [0, 0.1) is 12.8 Å². The standard InChI is InChI=1S/C16H26N2O2/c1-12(2)15(16-13(3)8-7-10-17-16)18-14(19)9-5-6-11-20-4/h7-8,10,12,15H,5-6,9,11H2,1-4H3,(H,18,19). The second-order valence-corrected chi connectivity index (χ2v) is 5.44. The Hall–Kier alpha value is -1.42. The molecule has 0 radical (unpaired) electrons. The van der Waals surface area contributed by atoms with Gasteiger partial charge >= 0.3 is 0 Å². The van der Waals surface area contributed by atoms with E-state index in [4.69, 9.17) is 4.74 Å². The Balaban J connectivity index is 2.60. The van der Waals surface area contributed by atoms with Gasteiger partial charge in [0, 0.05) is 26.3 Å². The van der Waals surface area contributed by atoms with E-state index in [-0.39, 0.29) is 11.9 Å². The monoisotopic (exact) mass is 278 g/mol. The van der Waals surface area contributed by atoms with Gasteiger partial charge in [-0.15, -0.1) is 0 Å². The first-order valence-corrected chi connectivity index (χ1v) is 7.26. The molecule has 1 rings (SSSR count). The third-order valence-corrected chi connectivity index (χ3v) is 3.33. The predicted molar refractivity (Wildman–Crippen MR) is 80.4 cm³/mol. The minimum absolute atomic E-state index is 0.0221. The molecule has 1 heterocycles. The van der Waals surface area contributed by atoms with Crippen molar-refractivity contribution < 1.29 is 9.53 Å². The topological polar surface area (TPSA) is 51.2 Å². The second kappa shape index (κ2) is 8.69.